The summed E-state index contributed by atoms with van der Waals surface area (Å²) >= 11 is 0. The van der Waals surface area contributed by atoms with Gasteiger partial charge in [0, 0.05) is 31.1 Å². The average molecular weight is 292 g/mol. The quantitative estimate of drug-likeness (QED) is 0.908. The van der Waals surface area contributed by atoms with Crippen LogP contribution in [0.5, 0.6) is 0 Å². The van der Waals surface area contributed by atoms with E-state index < -0.39 is 0 Å². The zero-order valence-corrected chi connectivity index (χ0v) is 13.0. The molecule has 1 heterocycles. The second kappa shape index (κ2) is 5.86. The third kappa shape index (κ3) is 2.94. The van der Waals surface area contributed by atoms with E-state index in [-0.39, 0.29) is 0 Å². The van der Waals surface area contributed by atoms with Gasteiger partial charge in [0.1, 0.15) is 0 Å². The van der Waals surface area contributed by atoms with Gasteiger partial charge in [-0.3, -0.25) is 4.90 Å². The molecule has 0 aromatic heterocycles. The lowest BCUT2D eigenvalue weighted by atomic mass is 10.1. The van der Waals surface area contributed by atoms with Crippen LogP contribution in [0.4, 0.5) is 0 Å². The number of hydrogen-bond donors (Lipinski definition) is 1. The number of benzene rings is 2. The third-order valence-electron chi connectivity index (χ3n) is 5.30. The molecule has 0 radical (unpaired) electrons. The highest BCUT2D eigenvalue weighted by Crippen LogP contribution is 2.53. The molecule has 1 aliphatic heterocycles. The Morgan fingerprint density at radius 1 is 0.955 bits per heavy atom. The molecule has 4 rings (SSSR count). The number of likely N-dealkylation sites (tertiary alicyclic amines) is 1. The molecule has 1 N–H and O–H groups in total. The Morgan fingerprint density at radius 3 is 2.36 bits per heavy atom. The highest BCUT2D eigenvalue weighted by molar-refractivity contribution is 5.19. The Kier molecular flexibility index (Phi) is 3.73. The van der Waals surface area contributed by atoms with Crippen LogP contribution < -0.4 is 5.32 Å². The molecular weight excluding hydrogens is 268 g/mol. The van der Waals surface area contributed by atoms with E-state index in [1.807, 2.05) is 0 Å². The maximum absolute atomic E-state index is 3.76. The molecule has 1 aliphatic carbocycles. The molecule has 2 aromatic carbocycles. The van der Waals surface area contributed by atoms with Crippen molar-refractivity contribution in [2.45, 2.75) is 32.0 Å². The standard InChI is InChI=1S/C20H24N2/c1-3-7-17(8-4-1)14-21-19-13-20(19)11-12-22(16-20)15-18-9-5-2-6-10-18/h1-10,19,21H,11-16H2. The highest BCUT2D eigenvalue weighted by Gasteiger charge is 2.56. The molecule has 2 fully saturated rings. The summed E-state index contributed by atoms with van der Waals surface area (Å²) < 4.78 is 0. The van der Waals surface area contributed by atoms with Gasteiger partial charge in [0.05, 0.1) is 0 Å². The van der Waals surface area contributed by atoms with Crippen LogP contribution >= 0.6 is 0 Å². The fraction of sp³-hybridized carbons (Fsp3) is 0.400. The minimum absolute atomic E-state index is 0.559. The average Bonchev–Trinajstić information content (AvgIpc) is 3.09. The van der Waals surface area contributed by atoms with Gasteiger partial charge in [-0.2, -0.15) is 0 Å². The van der Waals surface area contributed by atoms with Gasteiger partial charge in [0.15, 0.2) is 0 Å². The Balaban J connectivity index is 1.28. The molecule has 1 spiro atoms. The first kappa shape index (κ1) is 14.0. The molecule has 0 bridgehead atoms. The van der Waals surface area contributed by atoms with Crippen LogP contribution in [0.25, 0.3) is 0 Å². The van der Waals surface area contributed by atoms with Crippen molar-refractivity contribution in [1.29, 1.82) is 0 Å². The summed E-state index contributed by atoms with van der Waals surface area (Å²) in [5.74, 6) is 0. The van der Waals surface area contributed by atoms with E-state index in [1.54, 1.807) is 0 Å². The summed E-state index contributed by atoms with van der Waals surface area (Å²) in [5, 5.41) is 3.76. The Morgan fingerprint density at radius 2 is 1.64 bits per heavy atom. The lowest BCUT2D eigenvalue weighted by molar-refractivity contribution is 0.307. The van der Waals surface area contributed by atoms with E-state index in [9.17, 15) is 0 Å². The summed E-state index contributed by atoms with van der Waals surface area (Å²) in [5.41, 5.74) is 3.39. The summed E-state index contributed by atoms with van der Waals surface area (Å²) in [6.07, 6.45) is 2.71. The van der Waals surface area contributed by atoms with Crippen molar-refractivity contribution in [3.8, 4) is 0 Å². The van der Waals surface area contributed by atoms with Crippen LogP contribution in [0.15, 0.2) is 60.7 Å². The minimum Gasteiger partial charge on any atom is -0.309 e. The van der Waals surface area contributed by atoms with Gasteiger partial charge in [0.25, 0.3) is 0 Å². The van der Waals surface area contributed by atoms with E-state index in [0.717, 1.165) is 13.1 Å². The normalized spacial score (nSPS) is 27.4. The first-order chi connectivity index (χ1) is 10.8. The first-order valence-electron chi connectivity index (χ1n) is 8.38. The van der Waals surface area contributed by atoms with E-state index in [0.29, 0.717) is 11.5 Å². The molecule has 22 heavy (non-hydrogen) atoms. The molecule has 114 valence electrons. The predicted molar refractivity (Wildman–Crippen MR) is 90.5 cm³/mol. The van der Waals surface area contributed by atoms with Gasteiger partial charge in [-0.25, -0.2) is 0 Å². The molecule has 2 aliphatic rings. The van der Waals surface area contributed by atoms with Gasteiger partial charge >= 0.3 is 0 Å². The third-order valence-corrected chi connectivity index (χ3v) is 5.30. The van der Waals surface area contributed by atoms with Gasteiger partial charge in [0.2, 0.25) is 0 Å². The minimum atomic E-state index is 0.559. The van der Waals surface area contributed by atoms with Crippen molar-refractivity contribution in [3.63, 3.8) is 0 Å². The molecule has 2 aromatic rings. The molecule has 0 amide bonds. The zero-order chi connectivity index (χ0) is 14.8. The van der Waals surface area contributed by atoms with E-state index in [1.165, 1.54) is 37.1 Å². The van der Waals surface area contributed by atoms with Gasteiger partial charge in [-0.15, -0.1) is 0 Å². The Bertz CT molecular complexity index is 610. The number of nitrogens with zero attached hydrogens (tertiary/aromatic N) is 1. The summed E-state index contributed by atoms with van der Waals surface area (Å²) in [7, 11) is 0. The van der Waals surface area contributed by atoms with Gasteiger partial charge < -0.3 is 5.32 Å². The van der Waals surface area contributed by atoms with E-state index in [2.05, 4.69) is 70.9 Å². The second-order valence-corrected chi connectivity index (χ2v) is 6.93. The van der Waals surface area contributed by atoms with Crippen molar-refractivity contribution in [1.82, 2.24) is 10.2 Å². The van der Waals surface area contributed by atoms with Crippen molar-refractivity contribution in [3.05, 3.63) is 71.8 Å². The van der Waals surface area contributed by atoms with Crippen LogP contribution in [0, 0.1) is 5.41 Å². The zero-order valence-electron chi connectivity index (χ0n) is 13.0. The molecule has 2 nitrogen and oxygen atoms in total. The van der Waals surface area contributed by atoms with Crippen molar-refractivity contribution >= 4 is 0 Å². The first-order valence-corrected chi connectivity index (χ1v) is 8.38. The van der Waals surface area contributed by atoms with Crippen molar-refractivity contribution in [2.24, 2.45) is 5.41 Å². The van der Waals surface area contributed by atoms with Crippen LogP contribution in [0.2, 0.25) is 0 Å². The van der Waals surface area contributed by atoms with E-state index >= 15 is 0 Å². The highest BCUT2D eigenvalue weighted by atomic mass is 15.2. The monoisotopic (exact) mass is 292 g/mol. The van der Waals surface area contributed by atoms with Crippen LogP contribution in [0.1, 0.15) is 24.0 Å². The molecule has 2 heteroatoms. The molecule has 1 saturated heterocycles. The second-order valence-electron chi connectivity index (χ2n) is 6.93. The lowest BCUT2D eigenvalue weighted by Gasteiger charge is -2.16. The lowest BCUT2D eigenvalue weighted by Crippen LogP contribution is -2.26. The summed E-state index contributed by atoms with van der Waals surface area (Å²) in [6, 6.07) is 22.3. The number of nitrogens with one attached hydrogen (secondary N) is 1. The Labute approximate surface area is 133 Å². The fourth-order valence-corrected chi connectivity index (χ4v) is 3.89. The topological polar surface area (TPSA) is 15.3 Å². The smallest absolute Gasteiger partial charge is 0.0233 e. The number of hydrogen-bond acceptors (Lipinski definition) is 2. The van der Waals surface area contributed by atoms with Gasteiger partial charge in [-0.05, 0) is 30.5 Å². The maximum atomic E-state index is 3.76. The van der Waals surface area contributed by atoms with Crippen molar-refractivity contribution in [2.75, 3.05) is 13.1 Å². The van der Waals surface area contributed by atoms with Crippen LogP contribution in [0.3, 0.4) is 0 Å². The van der Waals surface area contributed by atoms with Gasteiger partial charge in [-0.1, -0.05) is 60.7 Å². The largest absolute Gasteiger partial charge is 0.309 e. The molecular formula is C20H24N2. The predicted octanol–water partition coefficient (Wildman–Crippen LogP) is 3.44. The van der Waals surface area contributed by atoms with Crippen LogP contribution in [-0.2, 0) is 13.1 Å². The fourth-order valence-electron chi connectivity index (χ4n) is 3.89. The molecule has 2 unspecified atom stereocenters. The number of rotatable bonds is 5. The van der Waals surface area contributed by atoms with Crippen LogP contribution in [-0.4, -0.2) is 24.0 Å². The Hall–Kier alpha value is -1.64. The maximum Gasteiger partial charge on any atom is 0.0233 e. The molecule has 1 saturated carbocycles. The SMILES string of the molecule is c1ccc(CNC2CC23CCN(Cc2ccccc2)C3)cc1. The van der Waals surface area contributed by atoms with Crippen molar-refractivity contribution < 1.29 is 0 Å². The van der Waals surface area contributed by atoms with E-state index in [4.69, 9.17) is 0 Å². The summed E-state index contributed by atoms with van der Waals surface area (Å²) in [4.78, 5) is 2.62. The molecule has 2 atom stereocenters. The summed E-state index contributed by atoms with van der Waals surface area (Å²) in [6.45, 7) is 4.62.